The second-order valence-electron chi connectivity index (χ2n) is 3.72. The van der Waals surface area contributed by atoms with E-state index < -0.39 is 0 Å². The highest BCUT2D eigenvalue weighted by Gasteiger charge is 2.07. The molecular formula is C11H15Cl2N. The number of halogens is 2. The lowest BCUT2D eigenvalue weighted by Gasteiger charge is -2.17. The van der Waals surface area contributed by atoms with Gasteiger partial charge in [0.1, 0.15) is 0 Å². The quantitative estimate of drug-likeness (QED) is 0.828. The molecule has 1 aromatic carbocycles. The molecular weight excluding hydrogens is 217 g/mol. The van der Waals surface area contributed by atoms with Crippen LogP contribution in [0.15, 0.2) is 18.2 Å². The predicted octanol–water partition coefficient (Wildman–Crippen LogP) is 4.05. The molecule has 0 aliphatic rings. The van der Waals surface area contributed by atoms with Crippen LogP contribution in [0.25, 0.3) is 0 Å². The molecule has 1 aromatic rings. The lowest BCUT2D eigenvalue weighted by atomic mass is 10.1. The van der Waals surface area contributed by atoms with Crippen molar-refractivity contribution in [2.75, 3.05) is 0 Å². The second-order valence-corrected chi connectivity index (χ2v) is 4.53. The molecule has 0 radical (unpaired) electrons. The van der Waals surface area contributed by atoms with E-state index in [0.717, 1.165) is 5.56 Å². The molecule has 1 atom stereocenters. The number of benzene rings is 1. The Balaban J connectivity index is 2.80. The van der Waals surface area contributed by atoms with E-state index in [4.69, 9.17) is 23.2 Å². The highest BCUT2D eigenvalue weighted by atomic mass is 35.5. The molecule has 0 heterocycles. The zero-order valence-electron chi connectivity index (χ0n) is 8.64. The van der Waals surface area contributed by atoms with Crippen molar-refractivity contribution in [3.05, 3.63) is 33.8 Å². The number of rotatable bonds is 3. The van der Waals surface area contributed by atoms with Crippen molar-refractivity contribution in [2.24, 2.45) is 0 Å². The Bertz CT molecular complexity index is 310. The fourth-order valence-corrected chi connectivity index (χ4v) is 1.68. The highest BCUT2D eigenvalue weighted by molar-refractivity contribution is 6.42. The Kier molecular flexibility index (Phi) is 4.24. The van der Waals surface area contributed by atoms with E-state index in [0.29, 0.717) is 22.1 Å². The third-order valence-corrected chi connectivity index (χ3v) is 2.77. The molecule has 0 amide bonds. The number of hydrogen-bond donors (Lipinski definition) is 1. The Morgan fingerprint density at radius 3 is 2.21 bits per heavy atom. The van der Waals surface area contributed by atoms with Crippen LogP contribution in [0.1, 0.15) is 32.4 Å². The summed E-state index contributed by atoms with van der Waals surface area (Å²) in [5.41, 5.74) is 1.16. The third-order valence-electron chi connectivity index (χ3n) is 2.03. The maximum Gasteiger partial charge on any atom is 0.0595 e. The van der Waals surface area contributed by atoms with E-state index in [-0.39, 0.29) is 0 Å². The van der Waals surface area contributed by atoms with Gasteiger partial charge in [-0.05, 0) is 24.6 Å². The first-order chi connectivity index (χ1) is 6.50. The molecule has 78 valence electrons. The highest BCUT2D eigenvalue weighted by Crippen LogP contribution is 2.25. The van der Waals surface area contributed by atoms with Crippen LogP contribution in [0.5, 0.6) is 0 Å². The fourth-order valence-electron chi connectivity index (χ4n) is 1.38. The first-order valence-electron chi connectivity index (χ1n) is 4.71. The fraction of sp³-hybridized carbons (Fsp3) is 0.455. The minimum Gasteiger partial charge on any atom is -0.308 e. The summed E-state index contributed by atoms with van der Waals surface area (Å²) in [6, 6.07) is 6.49. The molecule has 0 saturated heterocycles. The van der Waals surface area contributed by atoms with E-state index in [1.54, 1.807) is 0 Å². The van der Waals surface area contributed by atoms with Gasteiger partial charge in [0.15, 0.2) is 0 Å². The number of nitrogens with one attached hydrogen (secondary N) is 1. The van der Waals surface area contributed by atoms with Crippen molar-refractivity contribution in [2.45, 2.75) is 32.9 Å². The van der Waals surface area contributed by atoms with Crippen LogP contribution in [-0.2, 0) is 0 Å². The molecule has 1 nitrogen and oxygen atoms in total. The van der Waals surface area contributed by atoms with Crippen molar-refractivity contribution < 1.29 is 0 Å². The van der Waals surface area contributed by atoms with E-state index >= 15 is 0 Å². The van der Waals surface area contributed by atoms with Crippen LogP contribution in [0.4, 0.5) is 0 Å². The average molecular weight is 232 g/mol. The van der Waals surface area contributed by atoms with Crippen LogP contribution in [0, 0.1) is 0 Å². The summed E-state index contributed by atoms with van der Waals surface area (Å²) >= 11 is 11.8. The lowest BCUT2D eigenvalue weighted by molar-refractivity contribution is 0.506. The molecule has 0 spiro atoms. The van der Waals surface area contributed by atoms with Crippen LogP contribution >= 0.6 is 23.2 Å². The van der Waals surface area contributed by atoms with Crippen LogP contribution in [0.2, 0.25) is 10.0 Å². The van der Waals surface area contributed by atoms with Gasteiger partial charge < -0.3 is 5.32 Å². The molecule has 1 rings (SSSR count). The molecule has 3 heteroatoms. The van der Waals surface area contributed by atoms with E-state index in [1.807, 2.05) is 18.2 Å². The van der Waals surface area contributed by atoms with Crippen LogP contribution in [-0.4, -0.2) is 6.04 Å². The average Bonchev–Trinajstić information content (AvgIpc) is 2.08. The van der Waals surface area contributed by atoms with E-state index in [2.05, 4.69) is 26.1 Å². The van der Waals surface area contributed by atoms with Gasteiger partial charge in [0.05, 0.1) is 10.0 Å². The van der Waals surface area contributed by atoms with Gasteiger partial charge in [-0.3, -0.25) is 0 Å². The van der Waals surface area contributed by atoms with E-state index in [1.165, 1.54) is 0 Å². The standard InChI is InChI=1S/C11H15Cl2N/c1-7(2)14-8(3)9-4-5-10(12)11(13)6-9/h4-8,14H,1-3H3/t8-/m0/s1. The topological polar surface area (TPSA) is 12.0 Å². The van der Waals surface area contributed by atoms with Gasteiger partial charge in [0.2, 0.25) is 0 Å². The molecule has 0 bridgehead atoms. The van der Waals surface area contributed by atoms with E-state index in [9.17, 15) is 0 Å². The maximum atomic E-state index is 5.93. The minimum atomic E-state index is 0.296. The predicted molar refractivity (Wildman–Crippen MR) is 63.1 cm³/mol. The van der Waals surface area contributed by atoms with Gasteiger partial charge in [0.25, 0.3) is 0 Å². The van der Waals surface area contributed by atoms with Crippen molar-refractivity contribution in [1.29, 1.82) is 0 Å². The summed E-state index contributed by atoms with van der Waals surface area (Å²) in [7, 11) is 0. The lowest BCUT2D eigenvalue weighted by Crippen LogP contribution is -2.25. The SMILES string of the molecule is CC(C)N[C@@H](C)c1ccc(Cl)c(Cl)c1. The largest absolute Gasteiger partial charge is 0.308 e. The molecule has 14 heavy (non-hydrogen) atoms. The Morgan fingerprint density at radius 2 is 1.71 bits per heavy atom. The number of hydrogen-bond acceptors (Lipinski definition) is 1. The summed E-state index contributed by atoms with van der Waals surface area (Å²) in [5.74, 6) is 0. The summed E-state index contributed by atoms with van der Waals surface area (Å²) in [4.78, 5) is 0. The Morgan fingerprint density at radius 1 is 1.07 bits per heavy atom. The minimum absolute atomic E-state index is 0.296. The summed E-state index contributed by atoms with van der Waals surface area (Å²) in [5, 5.41) is 4.62. The van der Waals surface area contributed by atoms with Crippen molar-refractivity contribution >= 4 is 23.2 Å². The van der Waals surface area contributed by atoms with Gasteiger partial charge in [-0.15, -0.1) is 0 Å². The molecule has 1 N–H and O–H groups in total. The molecule has 0 aliphatic carbocycles. The molecule has 0 saturated carbocycles. The van der Waals surface area contributed by atoms with Gasteiger partial charge in [0, 0.05) is 12.1 Å². The first-order valence-corrected chi connectivity index (χ1v) is 5.47. The second kappa shape index (κ2) is 5.01. The molecule has 0 aromatic heterocycles. The maximum absolute atomic E-state index is 5.93. The monoisotopic (exact) mass is 231 g/mol. The van der Waals surface area contributed by atoms with Crippen molar-refractivity contribution in [3.63, 3.8) is 0 Å². The van der Waals surface area contributed by atoms with Crippen LogP contribution < -0.4 is 5.32 Å². The Labute approximate surface area is 95.4 Å². The molecule has 0 unspecified atom stereocenters. The zero-order valence-corrected chi connectivity index (χ0v) is 10.2. The normalized spacial score (nSPS) is 13.3. The van der Waals surface area contributed by atoms with Crippen molar-refractivity contribution in [1.82, 2.24) is 5.32 Å². The van der Waals surface area contributed by atoms with Gasteiger partial charge >= 0.3 is 0 Å². The summed E-state index contributed by atoms with van der Waals surface area (Å²) < 4.78 is 0. The Hall–Kier alpha value is -0.240. The summed E-state index contributed by atoms with van der Waals surface area (Å²) in [6.45, 7) is 6.35. The van der Waals surface area contributed by atoms with Crippen molar-refractivity contribution in [3.8, 4) is 0 Å². The van der Waals surface area contributed by atoms with Gasteiger partial charge in [-0.1, -0.05) is 43.1 Å². The molecule has 0 fully saturated rings. The molecule has 0 aliphatic heterocycles. The third kappa shape index (κ3) is 3.16. The first kappa shape index (κ1) is 11.8. The van der Waals surface area contributed by atoms with Crippen LogP contribution in [0.3, 0.4) is 0 Å². The van der Waals surface area contributed by atoms with Gasteiger partial charge in [-0.2, -0.15) is 0 Å². The smallest absolute Gasteiger partial charge is 0.0595 e. The van der Waals surface area contributed by atoms with Gasteiger partial charge in [-0.25, -0.2) is 0 Å². The zero-order chi connectivity index (χ0) is 10.7. The summed E-state index contributed by atoms with van der Waals surface area (Å²) in [6.07, 6.45) is 0.